The molecule has 0 aliphatic carbocycles. The molecular weight excluding hydrogens is 527 g/mol. The monoisotopic (exact) mass is 556 g/mol. The van der Waals surface area contributed by atoms with Gasteiger partial charge in [-0.15, -0.1) is 0 Å². The van der Waals surface area contributed by atoms with Crippen molar-refractivity contribution in [2.75, 3.05) is 25.2 Å². The summed E-state index contributed by atoms with van der Waals surface area (Å²) in [5, 5.41) is 0.0342. The zero-order chi connectivity index (χ0) is 27.6. The number of piperazine rings is 1. The molecule has 6 rings (SSSR count). The number of fused-ring (bicyclic) bond motifs is 5. The molecular formula is C28H30ClFN4O5. The Labute approximate surface area is 230 Å². The normalized spacial score (nSPS) is 21.8. The lowest BCUT2D eigenvalue weighted by Crippen LogP contribution is -2.63. The number of nitrogens with zero attached hydrogens (tertiary/aromatic N) is 4. The standard InChI is InChI=1S/C28H30ClFN4O5/c1-28(2,3)39-27(36)34-16-7-10-18(34)20-14-38-26-22-19(32(20)13-16)11-21(35)33(24(22)23(30)25(29)31-26)12-15-5-8-17(37-4)9-6-15/h5-6,8-9,11,16,18,20H,7,10,12-14H2,1-4H3/t16-,18+,20-/m1/s1. The molecule has 11 heteroatoms. The lowest BCUT2D eigenvalue weighted by molar-refractivity contribution is 0.00547. The van der Waals surface area contributed by atoms with E-state index in [2.05, 4.69) is 9.88 Å². The van der Waals surface area contributed by atoms with Crippen molar-refractivity contribution in [3.63, 3.8) is 0 Å². The summed E-state index contributed by atoms with van der Waals surface area (Å²) in [5.41, 5.74) is 0.387. The number of hydrogen-bond acceptors (Lipinski definition) is 7. The van der Waals surface area contributed by atoms with Gasteiger partial charge < -0.3 is 23.7 Å². The van der Waals surface area contributed by atoms with Crippen LogP contribution in [0.1, 0.15) is 39.2 Å². The number of rotatable bonds is 3. The van der Waals surface area contributed by atoms with Gasteiger partial charge in [-0.25, -0.2) is 9.18 Å². The molecule has 2 bridgehead atoms. The van der Waals surface area contributed by atoms with Crippen molar-refractivity contribution in [2.24, 2.45) is 0 Å². The highest BCUT2D eigenvalue weighted by Gasteiger charge is 2.51. The van der Waals surface area contributed by atoms with Gasteiger partial charge in [0.15, 0.2) is 11.0 Å². The van der Waals surface area contributed by atoms with E-state index in [1.807, 2.05) is 37.8 Å². The number of pyridine rings is 2. The topological polar surface area (TPSA) is 86.1 Å². The fourth-order valence-electron chi connectivity index (χ4n) is 6.05. The molecule has 3 aromatic rings. The fraction of sp³-hybridized carbons (Fsp3) is 0.464. The lowest BCUT2D eigenvalue weighted by Gasteiger charge is -2.47. The van der Waals surface area contributed by atoms with Crippen molar-refractivity contribution in [2.45, 2.75) is 63.9 Å². The van der Waals surface area contributed by atoms with E-state index in [9.17, 15) is 9.59 Å². The number of carbonyl (C=O) groups is 1. The Hall–Kier alpha value is -3.53. The smallest absolute Gasteiger partial charge is 0.410 e. The Balaban J connectivity index is 1.45. The Kier molecular flexibility index (Phi) is 6.13. The first-order valence-corrected chi connectivity index (χ1v) is 13.4. The predicted molar refractivity (Wildman–Crippen MR) is 145 cm³/mol. The molecule has 1 amide bonds. The van der Waals surface area contributed by atoms with E-state index < -0.39 is 11.4 Å². The molecule has 0 radical (unpaired) electrons. The highest BCUT2D eigenvalue weighted by atomic mass is 35.5. The van der Waals surface area contributed by atoms with Gasteiger partial charge in [0.25, 0.3) is 5.56 Å². The molecule has 9 nitrogen and oxygen atoms in total. The van der Waals surface area contributed by atoms with Gasteiger partial charge in [-0.1, -0.05) is 23.7 Å². The number of benzene rings is 1. The Bertz CT molecular complexity index is 1520. The van der Waals surface area contributed by atoms with Crippen LogP contribution in [-0.2, 0) is 11.3 Å². The van der Waals surface area contributed by atoms with E-state index in [1.165, 1.54) is 10.6 Å². The minimum Gasteiger partial charge on any atom is -0.497 e. The molecule has 0 saturated carbocycles. The third-order valence-electron chi connectivity index (χ3n) is 7.69. The Morgan fingerprint density at radius 1 is 1.21 bits per heavy atom. The van der Waals surface area contributed by atoms with Gasteiger partial charge in [-0.05, 0) is 51.3 Å². The predicted octanol–water partition coefficient (Wildman–Crippen LogP) is 4.60. The van der Waals surface area contributed by atoms with E-state index in [1.54, 1.807) is 19.2 Å². The zero-order valence-electron chi connectivity index (χ0n) is 22.2. The first-order chi connectivity index (χ1) is 18.6. The maximum Gasteiger partial charge on any atom is 0.410 e. The molecule has 206 valence electrons. The number of methoxy groups -OCH3 is 1. The maximum atomic E-state index is 15.7. The van der Waals surface area contributed by atoms with Crippen LogP contribution in [0, 0.1) is 5.82 Å². The van der Waals surface area contributed by atoms with Crippen LogP contribution in [-0.4, -0.2) is 64.5 Å². The van der Waals surface area contributed by atoms with E-state index in [4.69, 9.17) is 25.8 Å². The number of amides is 1. The summed E-state index contributed by atoms with van der Waals surface area (Å²) in [5.74, 6) is 0.0711. The van der Waals surface area contributed by atoms with Gasteiger partial charge in [-0.2, -0.15) is 4.98 Å². The third-order valence-corrected chi connectivity index (χ3v) is 7.94. The minimum atomic E-state index is -0.778. The lowest BCUT2D eigenvalue weighted by atomic mass is 10.0. The van der Waals surface area contributed by atoms with Gasteiger partial charge in [-0.3, -0.25) is 9.69 Å². The van der Waals surface area contributed by atoms with Crippen molar-refractivity contribution >= 4 is 34.3 Å². The van der Waals surface area contributed by atoms with Crippen LogP contribution in [0.15, 0.2) is 35.1 Å². The molecule has 3 atom stereocenters. The second-order valence-corrected chi connectivity index (χ2v) is 11.6. The molecule has 2 fully saturated rings. The van der Waals surface area contributed by atoms with Crippen LogP contribution >= 0.6 is 11.6 Å². The minimum absolute atomic E-state index is 0.0471. The van der Waals surface area contributed by atoms with Crippen LogP contribution < -0.4 is 19.9 Å². The van der Waals surface area contributed by atoms with Crippen LogP contribution in [0.3, 0.4) is 0 Å². The summed E-state index contributed by atoms with van der Waals surface area (Å²) < 4.78 is 34.2. The van der Waals surface area contributed by atoms with Crippen LogP contribution in [0.2, 0.25) is 5.15 Å². The number of aromatic nitrogens is 2. The molecule has 0 unspecified atom stereocenters. The van der Waals surface area contributed by atoms with Crippen LogP contribution in [0.4, 0.5) is 14.9 Å². The molecule has 2 aromatic heterocycles. The molecule has 0 spiro atoms. The van der Waals surface area contributed by atoms with Gasteiger partial charge in [0.1, 0.15) is 18.0 Å². The second-order valence-electron chi connectivity index (χ2n) is 11.3. The Morgan fingerprint density at radius 3 is 2.64 bits per heavy atom. The summed E-state index contributed by atoms with van der Waals surface area (Å²) >= 11 is 6.23. The van der Waals surface area contributed by atoms with E-state index in [0.29, 0.717) is 23.4 Å². The first-order valence-electron chi connectivity index (χ1n) is 13.0. The van der Waals surface area contributed by atoms with Crippen LogP contribution in [0.5, 0.6) is 11.6 Å². The molecule has 3 aliphatic rings. The zero-order valence-corrected chi connectivity index (χ0v) is 23.0. The van der Waals surface area contributed by atoms with Crippen molar-refractivity contribution in [1.29, 1.82) is 0 Å². The molecule has 5 heterocycles. The van der Waals surface area contributed by atoms with E-state index >= 15 is 4.39 Å². The summed E-state index contributed by atoms with van der Waals surface area (Å²) in [6.07, 6.45) is 1.21. The molecule has 3 aliphatic heterocycles. The number of halogens is 2. The summed E-state index contributed by atoms with van der Waals surface area (Å²) in [6.45, 7) is 6.31. The Morgan fingerprint density at radius 2 is 1.95 bits per heavy atom. The summed E-state index contributed by atoms with van der Waals surface area (Å²) in [7, 11) is 1.58. The van der Waals surface area contributed by atoms with Gasteiger partial charge >= 0.3 is 6.09 Å². The van der Waals surface area contributed by atoms with E-state index in [0.717, 1.165) is 18.4 Å². The number of ether oxygens (including phenoxy) is 3. The summed E-state index contributed by atoms with van der Waals surface area (Å²) in [4.78, 5) is 34.9. The van der Waals surface area contributed by atoms with Crippen molar-refractivity contribution in [3.8, 4) is 11.6 Å². The molecule has 1 aromatic carbocycles. The van der Waals surface area contributed by atoms with Gasteiger partial charge in [0.05, 0.1) is 48.4 Å². The van der Waals surface area contributed by atoms with Crippen LogP contribution in [0.25, 0.3) is 10.9 Å². The largest absolute Gasteiger partial charge is 0.497 e. The molecule has 2 saturated heterocycles. The highest BCUT2D eigenvalue weighted by Crippen LogP contribution is 2.44. The van der Waals surface area contributed by atoms with Crippen molar-refractivity contribution < 1.29 is 23.4 Å². The number of hydrogen-bond donors (Lipinski definition) is 0. The highest BCUT2D eigenvalue weighted by molar-refractivity contribution is 6.30. The van der Waals surface area contributed by atoms with Gasteiger partial charge in [0.2, 0.25) is 5.88 Å². The fourth-order valence-corrected chi connectivity index (χ4v) is 6.21. The first kappa shape index (κ1) is 25.7. The number of anilines is 1. The van der Waals surface area contributed by atoms with E-state index in [-0.39, 0.29) is 59.5 Å². The van der Waals surface area contributed by atoms with Crippen molar-refractivity contribution in [1.82, 2.24) is 14.5 Å². The van der Waals surface area contributed by atoms with Gasteiger partial charge in [0, 0.05) is 12.6 Å². The average Bonchev–Trinajstić information content (AvgIpc) is 3.13. The second kappa shape index (κ2) is 9.29. The third kappa shape index (κ3) is 4.34. The maximum absolute atomic E-state index is 15.7. The summed E-state index contributed by atoms with van der Waals surface area (Å²) in [6, 6.07) is 8.18. The molecule has 39 heavy (non-hydrogen) atoms. The molecule has 0 N–H and O–H groups in total. The van der Waals surface area contributed by atoms with Crippen molar-refractivity contribution in [3.05, 3.63) is 57.2 Å². The number of carbonyl (C=O) groups excluding carboxylic acids is 1. The quantitative estimate of drug-likeness (QED) is 0.436. The SMILES string of the molecule is COc1ccc(Cn2c(=O)cc3c4c(nc(Cl)c(F)c42)OC[C@@H]2[C@@H]4CC[C@H](CN32)N4C(=O)OC(C)(C)C)cc1. The average molecular weight is 557 g/mol.